The fraction of sp³-hybridized carbons (Fsp3) is 0.343. The van der Waals surface area contributed by atoms with Crippen molar-refractivity contribution >= 4 is 28.8 Å². The average Bonchev–Trinajstić information content (AvgIpc) is 3.42. The molecule has 3 aromatic carbocycles. The summed E-state index contributed by atoms with van der Waals surface area (Å²) in [4.78, 5) is 43.7. The molecule has 0 saturated heterocycles. The molecule has 45 heavy (non-hydrogen) atoms. The first-order valence-electron chi connectivity index (χ1n) is 15.1. The van der Waals surface area contributed by atoms with Crippen molar-refractivity contribution in [2.45, 2.75) is 63.8 Å². The normalized spacial score (nSPS) is 13.4. The summed E-state index contributed by atoms with van der Waals surface area (Å²) in [5.74, 6) is -0.152. The second kappa shape index (κ2) is 15.3. The second-order valence-electron chi connectivity index (χ2n) is 12.0. The number of fused-ring (bicyclic) bond motifs is 1. The van der Waals surface area contributed by atoms with Crippen LogP contribution in [0.1, 0.15) is 37.5 Å². The number of rotatable bonds is 13. The van der Waals surface area contributed by atoms with E-state index in [9.17, 15) is 14.4 Å². The van der Waals surface area contributed by atoms with Gasteiger partial charge in [0.1, 0.15) is 23.4 Å². The molecule has 0 unspecified atom stereocenters. The standard InChI is InChI=1S/C35H43N5O5/c1-35(2,3)45-34(43)40-31(20-25-22-37-29-13-9-8-12-28(25)29)33(42)39-30(19-23-10-6-5-7-11-23)32(41)38-26(21-36)18-24-14-16-27(44-4)17-15-24/h5-17,22,26,30-31,37H,18-21,36H2,1-4H3,(H,38,41)(H,39,42)(H,40,43)/t26-,30+,31+/m1/s1. The Morgan fingerprint density at radius 2 is 1.40 bits per heavy atom. The largest absolute Gasteiger partial charge is 0.497 e. The van der Waals surface area contributed by atoms with Gasteiger partial charge in [-0.3, -0.25) is 9.59 Å². The molecule has 0 aliphatic rings. The van der Waals surface area contributed by atoms with Crippen LogP contribution in [0.15, 0.2) is 85.1 Å². The first-order chi connectivity index (χ1) is 21.5. The SMILES string of the molecule is COc1ccc(C[C@H](CN)NC(=O)[C@H](Cc2ccccc2)NC(=O)[C@H](Cc2c[nH]c3ccccc23)NC(=O)OC(C)(C)C)cc1. The second-order valence-corrected chi connectivity index (χ2v) is 12.0. The number of nitrogens with two attached hydrogens (primary N) is 1. The number of amides is 3. The number of hydrogen-bond acceptors (Lipinski definition) is 6. The number of carbonyl (C=O) groups excluding carboxylic acids is 3. The first-order valence-corrected chi connectivity index (χ1v) is 15.1. The number of benzene rings is 3. The van der Waals surface area contributed by atoms with E-state index in [4.69, 9.17) is 15.2 Å². The van der Waals surface area contributed by atoms with Gasteiger partial charge in [-0.05, 0) is 62.1 Å². The number of ether oxygens (including phenoxy) is 2. The Hall–Kier alpha value is -4.83. The third-order valence-corrected chi connectivity index (χ3v) is 7.29. The van der Waals surface area contributed by atoms with Crippen LogP contribution in [0, 0.1) is 0 Å². The van der Waals surface area contributed by atoms with Crippen molar-refractivity contribution in [2.75, 3.05) is 13.7 Å². The lowest BCUT2D eigenvalue weighted by atomic mass is 10.0. The van der Waals surface area contributed by atoms with Crippen LogP contribution in [0.3, 0.4) is 0 Å². The topological polar surface area (TPSA) is 148 Å². The third kappa shape index (κ3) is 9.84. The van der Waals surface area contributed by atoms with Crippen LogP contribution in [0.4, 0.5) is 4.79 Å². The van der Waals surface area contributed by atoms with Crippen molar-refractivity contribution in [2.24, 2.45) is 5.73 Å². The Kier molecular flexibility index (Phi) is 11.2. The molecule has 4 rings (SSSR count). The Morgan fingerprint density at radius 1 is 0.778 bits per heavy atom. The molecule has 1 aromatic heterocycles. The molecule has 10 heteroatoms. The van der Waals surface area contributed by atoms with Gasteiger partial charge < -0.3 is 36.1 Å². The van der Waals surface area contributed by atoms with Crippen molar-refractivity contribution in [3.05, 3.63) is 102 Å². The number of nitrogens with one attached hydrogen (secondary N) is 4. The molecule has 0 aliphatic carbocycles. The Balaban J connectivity index is 1.55. The van der Waals surface area contributed by atoms with Gasteiger partial charge in [-0.1, -0.05) is 60.7 Å². The van der Waals surface area contributed by atoms with Crippen molar-refractivity contribution < 1.29 is 23.9 Å². The lowest BCUT2D eigenvalue weighted by Crippen LogP contribution is -2.57. The highest BCUT2D eigenvalue weighted by Gasteiger charge is 2.30. The van der Waals surface area contributed by atoms with E-state index < -0.39 is 29.7 Å². The summed E-state index contributed by atoms with van der Waals surface area (Å²) in [7, 11) is 1.60. The molecule has 3 atom stereocenters. The zero-order chi connectivity index (χ0) is 32.4. The fourth-order valence-corrected chi connectivity index (χ4v) is 5.05. The summed E-state index contributed by atoms with van der Waals surface area (Å²) >= 11 is 0. The molecule has 0 fully saturated rings. The van der Waals surface area contributed by atoms with Gasteiger partial charge in [-0.2, -0.15) is 0 Å². The van der Waals surface area contributed by atoms with Crippen molar-refractivity contribution in [3.63, 3.8) is 0 Å². The number of carbonyl (C=O) groups is 3. The molecule has 0 saturated carbocycles. The Morgan fingerprint density at radius 3 is 2.07 bits per heavy atom. The van der Waals surface area contributed by atoms with Crippen LogP contribution in [-0.2, 0) is 33.6 Å². The minimum atomic E-state index is -1.02. The Bertz CT molecular complexity index is 1560. The van der Waals surface area contributed by atoms with E-state index in [-0.39, 0.29) is 31.3 Å². The molecule has 3 amide bonds. The molecule has 0 radical (unpaired) electrons. The smallest absolute Gasteiger partial charge is 0.408 e. The van der Waals surface area contributed by atoms with Gasteiger partial charge in [0, 0.05) is 42.5 Å². The van der Waals surface area contributed by atoms with Gasteiger partial charge in [0.25, 0.3) is 0 Å². The van der Waals surface area contributed by atoms with Crippen molar-refractivity contribution in [1.82, 2.24) is 20.9 Å². The molecule has 4 aromatic rings. The van der Waals surface area contributed by atoms with E-state index in [1.165, 1.54) is 0 Å². The fourth-order valence-electron chi connectivity index (χ4n) is 5.05. The van der Waals surface area contributed by atoms with Gasteiger partial charge in [-0.25, -0.2) is 4.79 Å². The quantitative estimate of drug-likeness (QED) is 0.154. The maximum absolute atomic E-state index is 13.9. The lowest BCUT2D eigenvalue weighted by molar-refractivity contribution is -0.130. The van der Waals surface area contributed by atoms with Gasteiger partial charge in [-0.15, -0.1) is 0 Å². The number of aromatic nitrogens is 1. The summed E-state index contributed by atoms with van der Waals surface area (Å²) in [5.41, 5.74) is 8.90. The van der Waals surface area contributed by atoms with E-state index >= 15 is 0 Å². The van der Waals surface area contributed by atoms with Crippen molar-refractivity contribution in [3.8, 4) is 5.75 Å². The number of para-hydroxylation sites is 1. The number of methoxy groups -OCH3 is 1. The van der Waals surface area contributed by atoms with Crippen LogP contribution in [-0.4, -0.2) is 60.3 Å². The maximum atomic E-state index is 13.9. The molecular weight excluding hydrogens is 570 g/mol. The summed E-state index contributed by atoms with van der Waals surface area (Å²) < 4.78 is 10.7. The molecule has 238 valence electrons. The summed E-state index contributed by atoms with van der Waals surface area (Å²) in [5, 5.41) is 9.60. The molecule has 6 N–H and O–H groups in total. The van der Waals surface area contributed by atoms with E-state index in [1.807, 2.05) is 85.1 Å². The third-order valence-electron chi connectivity index (χ3n) is 7.29. The van der Waals surface area contributed by atoms with E-state index in [0.29, 0.717) is 6.42 Å². The van der Waals surface area contributed by atoms with Crippen molar-refractivity contribution in [1.29, 1.82) is 0 Å². The summed E-state index contributed by atoms with van der Waals surface area (Å²) in [6.45, 7) is 5.46. The van der Waals surface area contributed by atoms with Crippen LogP contribution < -0.4 is 26.4 Å². The minimum absolute atomic E-state index is 0.178. The van der Waals surface area contributed by atoms with Gasteiger partial charge in [0.2, 0.25) is 11.8 Å². The lowest BCUT2D eigenvalue weighted by Gasteiger charge is -2.26. The molecular formula is C35H43N5O5. The number of aromatic amines is 1. The molecule has 10 nitrogen and oxygen atoms in total. The van der Waals surface area contributed by atoms with Crippen LogP contribution in [0.25, 0.3) is 10.9 Å². The zero-order valence-electron chi connectivity index (χ0n) is 26.3. The number of H-pyrrole nitrogens is 1. The molecule has 0 bridgehead atoms. The highest BCUT2D eigenvalue weighted by atomic mass is 16.6. The Labute approximate surface area is 264 Å². The van der Waals surface area contributed by atoms with E-state index in [0.717, 1.165) is 33.3 Å². The highest BCUT2D eigenvalue weighted by molar-refractivity contribution is 5.92. The van der Waals surface area contributed by atoms with Crippen LogP contribution >= 0.6 is 0 Å². The summed E-state index contributed by atoms with van der Waals surface area (Å²) in [6.07, 6.45) is 2.01. The predicted octanol–water partition coefficient (Wildman–Crippen LogP) is 4.03. The predicted molar refractivity (Wildman–Crippen MR) is 175 cm³/mol. The zero-order valence-corrected chi connectivity index (χ0v) is 26.3. The first kappa shape index (κ1) is 33.1. The average molecular weight is 614 g/mol. The van der Waals surface area contributed by atoms with Gasteiger partial charge in [0.15, 0.2) is 0 Å². The van der Waals surface area contributed by atoms with Crippen LogP contribution in [0.5, 0.6) is 5.75 Å². The highest BCUT2D eigenvalue weighted by Crippen LogP contribution is 2.20. The van der Waals surface area contributed by atoms with Gasteiger partial charge >= 0.3 is 6.09 Å². The molecule has 0 aliphatic heterocycles. The molecule has 1 heterocycles. The van der Waals surface area contributed by atoms with E-state index in [2.05, 4.69) is 20.9 Å². The van der Waals surface area contributed by atoms with Gasteiger partial charge in [0.05, 0.1) is 7.11 Å². The number of hydrogen-bond donors (Lipinski definition) is 5. The summed E-state index contributed by atoms with van der Waals surface area (Å²) in [6, 6.07) is 22.4. The van der Waals surface area contributed by atoms with Crippen LogP contribution in [0.2, 0.25) is 0 Å². The monoisotopic (exact) mass is 613 g/mol. The molecule has 0 spiro atoms. The van der Waals surface area contributed by atoms with E-state index in [1.54, 1.807) is 27.9 Å². The number of alkyl carbamates (subject to hydrolysis) is 1. The minimum Gasteiger partial charge on any atom is -0.497 e. The maximum Gasteiger partial charge on any atom is 0.408 e.